The smallest absolute Gasteiger partial charge is 0.241 e. The van der Waals surface area contributed by atoms with Crippen LogP contribution in [-0.4, -0.2) is 22.2 Å². The molecule has 0 saturated carbocycles. The van der Waals surface area contributed by atoms with Crippen molar-refractivity contribution in [3.05, 3.63) is 36.7 Å². The second kappa shape index (κ2) is 6.92. The molecule has 1 heterocycles. The number of nitrogens with two attached hydrogens (primary N) is 1. The quantitative estimate of drug-likeness (QED) is 0.800. The van der Waals surface area contributed by atoms with Crippen molar-refractivity contribution in [1.82, 2.24) is 15.1 Å². The topological polar surface area (TPSA) is 72.9 Å². The minimum atomic E-state index is -0.0115. The summed E-state index contributed by atoms with van der Waals surface area (Å²) in [5.74, 6) is 0.578. The molecule has 112 valence electrons. The molecular weight excluding hydrogens is 264 g/mol. The Morgan fingerprint density at radius 3 is 2.67 bits per heavy atom. The standard InChI is InChI=1S/C16H22N4O/c1-12(2)7-8-18-16(21)11-20-10-14(9-19-20)13-3-5-15(17)6-4-13/h3-6,9-10,12H,7-8,11,17H2,1-2H3,(H,18,21). The number of hydrogen-bond donors (Lipinski definition) is 2. The van der Waals surface area contributed by atoms with Crippen molar-refractivity contribution in [2.24, 2.45) is 5.92 Å². The molecule has 0 aliphatic carbocycles. The molecule has 0 fully saturated rings. The molecule has 5 heteroatoms. The molecule has 0 atom stereocenters. The molecule has 0 aliphatic rings. The van der Waals surface area contributed by atoms with Gasteiger partial charge in [0.2, 0.25) is 5.91 Å². The summed E-state index contributed by atoms with van der Waals surface area (Å²) in [5.41, 5.74) is 8.42. The lowest BCUT2D eigenvalue weighted by molar-refractivity contribution is -0.121. The molecule has 21 heavy (non-hydrogen) atoms. The van der Waals surface area contributed by atoms with E-state index in [0.717, 1.165) is 23.2 Å². The number of rotatable bonds is 6. The van der Waals surface area contributed by atoms with Gasteiger partial charge in [-0.25, -0.2) is 0 Å². The van der Waals surface area contributed by atoms with Crippen LogP contribution in [0.3, 0.4) is 0 Å². The highest BCUT2D eigenvalue weighted by Gasteiger charge is 2.06. The lowest BCUT2D eigenvalue weighted by Gasteiger charge is -2.07. The number of benzene rings is 1. The van der Waals surface area contributed by atoms with Crippen molar-refractivity contribution < 1.29 is 4.79 Å². The number of nitrogen functional groups attached to an aromatic ring is 1. The maximum Gasteiger partial charge on any atom is 0.241 e. The molecule has 1 aromatic heterocycles. The molecule has 5 nitrogen and oxygen atoms in total. The Bertz CT molecular complexity index is 587. The van der Waals surface area contributed by atoms with Gasteiger partial charge >= 0.3 is 0 Å². The second-order valence-corrected chi connectivity index (χ2v) is 5.58. The van der Waals surface area contributed by atoms with E-state index >= 15 is 0 Å². The first-order chi connectivity index (χ1) is 10.0. The van der Waals surface area contributed by atoms with E-state index in [1.807, 2.05) is 30.5 Å². The van der Waals surface area contributed by atoms with Gasteiger partial charge in [0, 0.05) is 24.0 Å². The Hall–Kier alpha value is -2.30. The van der Waals surface area contributed by atoms with E-state index < -0.39 is 0 Å². The van der Waals surface area contributed by atoms with Gasteiger partial charge in [0.1, 0.15) is 6.54 Å². The van der Waals surface area contributed by atoms with Gasteiger partial charge in [-0.2, -0.15) is 5.10 Å². The minimum Gasteiger partial charge on any atom is -0.399 e. The first-order valence-corrected chi connectivity index (χ1v) is 7.19. The summed E-state index contributed by atoms with van der Waals surface area (Å²) in [7, 11) is 0. The molecule has 0 saturated heterocycles. The normalized spacial score (nSPS) is 10.8. The third-order valence-electron chi connectivity index (χ3n) is 3.23. The maximum atomic E-state index is 11.8. The van der Waals surface area contributed by atoms with Gasteiger partial charge in [-0.1, -0.05) is 26.0 Å². The van der Waals surface area contributed by atoms with E-state index in [1.165, 1.54) is 0 Å². The Labute approximate surface area is 125 Å². The van der Waals surface area contributed by atoms with Crippen molar-refractivity contribution in [2.45, 2.75) is 26.8 Å². The van der Waals surface area contributed by atoms with Gasteiger partial charge < -0.3 is 11.1 Å². The summed E-state index contributed by atoms with van der Waals surface area (Å²) in [6.45, 7) is 5.23. The van der Waals surface area contributed by atoms with Gasteiger partial charge in [0.15, 0.2) is 0 Å². The van der Waals surface area contributed by atoms with Crippen LogP contribution in [0, 0.1) is 5.92 Å². The first kappa shape index (κ1) is 15.1. The third kappa shape index (κ3) is 4.63. The lowest BCUT2D eigenvalue weighted by Crippen LogP contribution is -2.29. The van der Waals surface area contributed by atoms with Crippen LogP contribution in [-0.2, 0) is 11.3 Å². The third-order valence-corrected chi connectivity index (χ3v) is 3.23. The van der Waals surface area contributed by atoms with E-state index in [-0.39, 0.29) is 12.5 Å². The predicted molar refractivity (Wildman–Crippen MR) is 84.5 cm³/mol. The van der Waals surface area contributed by atoms with Crippen molar-refractivity contribution >= 4 is 11.6 Å². The molecule has 3 N–H and O–H groups in total. The molecule has 0 unspecified atom stereocenters. The highest BCUT2D eigenvalue weighted by molar-refractivity contribution is 5.75. The van der Waals surface area contributed by atoms with Gasteiger partial charge in [-0.15, -0.1) is 0 Å². The Morgan fingerprint density at radius 2 is 2.00 bits per heavy atom. The lowest BCUT2D eigenvalue weighted by atomic mass is 10.1. The summed E-state index contributed by atoms with van der Waals surface area (Å²) < 4.78 is 1.65. The number of aromatic nitrogens is 2. The van der Waals surface area contributed by atoms with Crippen molar-refractivity contribution in [1.29, 1.82) is 0 Å². The van der Waals surface area contributed by atoms with Crippen LogP contribution in [0.25, 0.3) is 11.1 Å². The first-order valence-electron chi connectivity index (χ1n) is 7.19. The summed E-state index contributed by atoms with van der Waals surface area (Å²) in [5, 5.41) is 7.13. The molecule has 0 bridgehead atoms. The van der Waals surface area contributed by atoms with E-state index in [2.05, 4.69) is 24.3 Å². The molecule has 0 aliphatic heterocycles. The second-order valence-electron chi connectivity index (χ2n) is 5.58. The Kier molecular flexibility index (Phi) is 4.98. The maximum absolute atomic E-state index is 11.8. The van der Waals surface area contributed by atoms with Gasteiger partial charge in [0.25, 0.3) is 0 Å². The van der Waals surface area contributed by atoms with Gasteiger partial charge in [0.05, 0.1) is 6.20 Å². The van der Waals surface area contributed by atoms with Crippen LogP contribution in [0.2, 0.25) is 0 Å². The predicted octanol–water partition coefficient (Wildman–Crippen LogP) is 2.29. The number of nitrogens with one attached hydrogen (secondary N) is 1. The number of amides is 1. The van der Waals surface area contributed by atoms with E-state index in [4.69, 9.17) is 5.73 Å². The average molecular weight is 286 g/mol. The summed E-state index contributed by atoms with van der Waals surface area (Å²) >= 11 is 0. The van der Waals surface area contributed by atoms with Crippen LogP contribution < -0.4 is 11.1 Å². The van der Waals surface area contributed by atoms with Crippen molar-refractivity contribution in [3.63, 3.8) is 0 Å². The Morgan fingerprint density at radius 1 is 1.29 bits per heavy atom. The largest absolute Gasteiger partial charge is 0.399 e. The Balaban J connectivity index is 1.91. The number of nitrogens with zero attached hydrogens (tertiary/aromatic N) is 2. The molecular formula is C16H22N4O. The van der Waals surface area contributed by atoms with Gasteiger partial charge in [-0.3, -0.25) is 9.48 Å². The fraction of sp³-hybridized carbons (Fsp3) is 0.375. The molecule has 0 radical (unpaired) electrons. The monoisotopic (exact) mass is 286 g/mol. The number of carbonyl (C=O) groups excluding carboxylic acids is 1. The zero-order valence-corrected chi connectivity index (χ0v) is 12.5. The SMILES string of the molecule is CC(C)CCNC(=O)Cn1cc(-c2ccc(N)cc2)cn1. The zero-order chi connectivity index (χ0) is 15.2. The highest BCUT2D eigenvalue weighted by atomic mass is 16.2. The fourth-order valence-electron chi connectivity index (χ4n) is 1.98. The van der Waals surface area contributed by atoms with Crippen LogP contribution >= 0.6 is 0 Å². The van der Waals surface area contributed by atoms with Crippen LogP contribution in [0.15, 0.2) is 36.7 Å². The minimum absolute atomic E-state index is 0.0115. The summed E-state index contributed by atoms with van der Waals surface area (Å²) in [6, 6.07) is 7.59. The van der Waals surface area contributed by atoms with Crippen LogP contribution in [0.4, 0.5) is 5.69 Å². The molecule has 1 aromatic carbocycles. The van der Waals surface area contributed by atoms with E-state index in [1.54, 1.807) is 10.9 Å². The molecule has 2 rings (SSSR count). The van der Waals surface area contributed by atoms with Gasteiger partial charge in [-0.05, 0) is 30.0 Å². The number of carbonyl (C=O) groups is 1. The van der Waals surface area contributed by atoms with E-state index in [9.17, 15) is 4.79 Å². The van der Waals surface area contributed by atoms with Crippen LogP contribution in [0.1, 0.15) is 20.3 Å². The van der Waals surface area contributed by atoms with Crippen molar-refractivity contribution in [3.8, 4) is 11.1 Å². The molecule has 0 spiro atoms. The fourth-order valence-corrected chi connectivity index (χ4v) is 1.98. The van der Waals surface area contributed by atoms with Crippen molar-refractivity contribution in [2.75, 3.05) is 12.3 Å². The average Bonchev–Trinajstić information content (AvgIpc) is 2.87. The molecule has 2 aromatic rings. The van der Waals surface area contributed by atoms with Crippen LogP contribution in [0.5, 0.6) is 0 Å². The summed E-state index contributed by atoms with van der Waals surface area (Å²) in [6.07, 6.45) is 4.61. The highest BCUT2D eigenvalue weighted by Crippen LogP contribution is 2.19. The molecule has 1 amide bonds. The summed E-state index contributed by atoms with van der Waals surface area (Å²) in [4.78, 5) is 11.8. The number of hydrogen-bond acceptors (Lipinski definition) is 3. The number of anilines is 1. The zero-order valence-electron chi connectivity index (χ0n) is 12.5. The van der Waals surface area contributed by atoms with E-state index in [0.29, 0.717) is 12.5 Å².